The molecule has 0 spiro atoms. The van der Waals surface area contributed by atoms with Crippen molar-refractivity contribution >= 4 is 17.0 Å². The zero-order valence-corrected chi connectivity index (χ0v) is 11.0. The summed E-state index contributed by atoms with van der Waals surface area (Å²) in [7, 11) is 0. The van der Waals surface area contributed by atoms with Crippen molar-refractivity contribution in [3.63, 3.8) is 0 Å². The van der Waals surface area contributed by atoms with E-state index in [-0.39, 0.29) is 12.1 Å². The summed E-state index contributed by atoms with van der Waals surface area (Å²) < 4.78 is 13.8. The lowest BCUT2D eigenvalue weighted by Gasteiger charge is -2.04. The van der Waals surface area contributed by atoms with Gasteiger partial charge in [0, 0.05) is 35.8 Å². The maximum Gasteiger partial charge on any atom is 0.305 e. The standard InChI is InChI=1S/C12H12FN3O2S/c1-8-15-7-10(19-8)6-14-5-9-3-2-4-11(12(9)13)16(17)18/h2-4,7,14H,5-6H2,1H3. The Bertz CT molecular complexity index is 600. The maximum absolute atomic E-state index is 13.8. The topological polar surface area (TPSA) is 68.1 Å². The molecule has 2 aromatic rings. The van der Waals surface area contributed by atoms with E-state index in [1.165, 1.54) is 12.1 Å². The van der Waals surface area contributed by atoms with Gasteiger partial charge in [-0.15, -0.1) is 11.3 Å². The zero-order chi connectivity index (χ0) is 13.8. The van der Waals surface area contributed by atoms with Gasteiger partial charge in [-0.05, 0) is 6.92 Å². The minimum Gasteiger partial charge on any atom is -0.308 e. The van der Waals surface area contributed by atoms with Crippen LogP contribution in [0.1, 0.15) is 15.4 Å². The number of hydrogen-bond acceptors (Lipinski definition) is 5. The molecule has 7 heteroatoms. The SMILES string of the molecule is Cc1ncc(CNCc2cccc([N+](=O)[O-])c2F)s1. The summed E-state index contributed by atoms with van der Waals surface area (Å²) in [6.07, 6.45) is 1.76. The molecule has 19 heavy (non-hydrogen) atoms. The second kappa shape index (κ2) is 5.85. The summed E-state index contributed by atoms with van der Waals surface area (Å²) in [6.45, 7) is 2.71. The van der Waals surface area contributed by atoms with E-state index in [9.17, 15) is 14.5 Å². The van der Waals surface area contributed by atoms with Crippen LogP contribution in [0.4, 0.5) is 10.1 Å². The number of nitro groups is 1. The number of hydrogen-bond donors (Lipinski definition) is 1. The minimum atomic E-state index is -0.777. The third kappa shape index (κ3) is 3.33. The molecule has 5 nitrogen and oxygen atoms in total. The van der Waals surface area contributed by atoms with Gasteiger partial charge >= 0.3 is 5.69 Å². The van der Waals surface area contributed by atoms with E-state index in [2.05, 4.69) is 10.3 Å². The maximum atomic E-state index is 13.8. The van der Waals surface area contributed by atoms with E-state index in [1.807, 2.05) is 6.92 Å². The fraction of sp³-hybridized carbons (Fsp3) is 0.250. The van der Waals surface area contributed by atoms with E-state index < -0.39 is 16.4 Å². The second-order valence-electron chi connectivity index (χ2n) is 3.96. The predicted octanol–water partition coefficient (Wildman–Crippen LogP) is 2.79. The van der Waals surface area contributed by atoms with Crippen molar-refractivity contribution in [2.45, 2.75) is 20.0 Å². The molecule has 1 heterocycles. The lowest BCUT2D eigenvalue weighted by Crippen LogP contribution is -2.13. The van der Waals surface area contributed by atoms with Crippen LogP contribution in [0.15, 0.2) is 24.4 Å². The van der Waals surface area contributed by atoms with Crippen LogP contribution in [-0.4, -0.2) is 9.91 Å². The van der Waals surface area contributed by atoms with Crippen LogP contribution in [0.5, 0.6) is 0 Å². The predicted molar refractivity (Wildman–Crippen MR) is 70.4 cm³/mol. The normalized spacial score (nSPS) is 10.6. The van der Waals surface area contributed by atoms with E-state index in [0.717, 1.165) is 16.0 Å². The molecular weight excluding hydrogens is 269 g/mol. The third-order valence-electron chi connectivity index (χ3n) is 2.54. The van der Waals surface area contributed by atoms with Crippen LogP contribution in [0, 0.1) is 22.9 Å². The van der Waals surface area contributed by atoms with Gasteiger partial charge in [-0.2, -0.15) is 4.39 Å². The molecule has 0 bridgehead atoms. The summed E-state index contributed by atoms with van der Waals surface area (Å²) >= 11 is 1.56. The lowest BCUT2D eigenvalue weighted by atomic mass is 10.2. The quantitative estimate of drug-likeness (QED) is 0.676. The highest BCUT2D eigenvalue weighted by molar-refractivity contribution is 7.11. The molecule has 100 valence electrons. The third-order valence-corrected chi connectivity index (χ3v) is 3.45. The number of nitrogens with one attached hydrogen (secondary N) is 1. The molecule has 0 saturated carbocycles. The number of nitrogens with zero attached hydrogens (tertiary/aromatic N) is 2. The van der Waals surface area contributed by atoms with Crippen LogP contribution >= 0.6 is 11.3 Å². The van der Waals surface area contributed by atoms with E-state index in [4.69, 9.17) is 0 Å². The highest BCUT2D eigenvalue weighted by Gasteiger charge is 2.16. The number of aromatic nitrogens is 1. The lowest BCUT2D eigenvalue weighted by molar-refractivity contribution is -0.387. The number of benzene rings is 1. The second-order valence-corrected chi connectivity index (χ2v) is 5.28. The van der Waals surface area contributed by atoms with Crippen molar-refractivity contribution in [2.75, 3.05) is 0 Å². The molecule has 0 atom stereocenters. The molecule has 2 rings (SSSR count). The van der Waals surface area contributed by atoms with Gasteiger partial charge in [0.1, 0.15) is 0 Å². The molecule has 0 amide bonds. The Hall–Kier alpha value is -1.86. The van der Waals surface area contributed by atoms with Gasteiger partial charge in [-0.25, -0.2) is 4.98 Å². The molecular formula is C12H12FN3O2S. The Morgan fingerprint density at radius 3 is 2.89 bits per heavy atom. The van der Waals surface area contributed by atoms with Gasteiger partial charge in [0.25, 0.3) is 0 Å². The number of thiazole rings is 1. The molecule has 1 aromatic carbocycles. The smallest absolute Gasteiger partial charge is 0.305 e. The van der Waals surface area contributed by atoms with Crippen molar-refractivity contribution in [1.82, 2.24) is 10.3 Å². The van der Waals surface area contributed by atoms with Gasteiger partial charge in [0.05, 0.1) is 9.93 Å². The Morgan fingerprint density at radius 1 is 1.47 bits per heavy atom. The molecule has 1 aromatic heterocycles. The Kier molecular flexibility index (Phi) is 4.18. The van der Waals surface area contributed by atoms with E-state index in [1.54, 1.807) is 17.5 Å². The van der Waals surface area contributed by atoms with Crippen LogP contribution in [-0.2, 0) is 13.1 Å². The van der Waals surface area contributed by atoms with Gasteiger partial charge in [0.15, 0.2) is 0 Å². The van der Waals surface area contributed by atoms with Crippen molar-refractivity contribution < 1.29 is 9.31 Å². The van der Waals surface area contributed by atoms with Crippen molar-refractivity contribution in [3.05, 3.63) is 55.8 Å². The summed E-state index contributed by atoms with van der Waals surface area (Å²) in [5.41, 5.74) is -0.205. The molecule has 0 aliphatic heterocycles. The van der Waals surface area contributed by atoms with Gasteiger partial charge in [0.2, 0.25) is 5.82 Å². The minimum absolute atomic E-state index is 0.241. The highest BCUT2D eigenvalue weighted by Crippen LogP contribution is 2.20. The first-order chi connectivity index (χ1) is 9.08. The highest BCUT2D eigenvalue weighted by atomic mass is 32.1. The van der Waals surface area contributed by atoms with Crippen LogP contribution in [0.2, 0.25) is 0 Å². The first-order valence-electron chi connectivity index (χ1n) is 5.61. The summed E-state index contributed by atoms with van der Waals surface area (Å²) in [6, 6.07) is 4.17. The number of halogens is 1. The number of rotatable bonds is 5. The monoisotopic (exact) mass is 281 g/mol. The molecule has 0 radical (unpaired) electrons. The van der Waals surface area contributed by atoms with Crippen molar-refractivity contribution in [2.24, 2.45) is 0 Å². The van der Waals surface area contributed by atoms with Crippen LogP contribution < -0.4 is 5.32 Å². The van der Waals surface area contributed by atoms with Crippen molar-refractivity contribution in [3.8, 4) is 0 Å². The van der Waals surface area contributed by atoms with E-state index in [0.29, 0.717) is 6.54 Å². The Morgan fingerprint density at radius 2 is 2.26 bits per heavy atom. The summed E-state index contributed by atoms with van der Waals surface area (Å²) in [4.78, 5) is 15.1. The largest absolute Gasteiger partial charge is 0.308 e. The number of aryl methyl sites for hydroxylation is 1. The average Bonchev–Trinajstić information content (AvgIpc) is 2.77. The Balaban J connectivity index is 2.00. The summed E-state index contributed by atoms with van der Waals surface area (Å²) in [5, 5.41) is 14.6. The molecule has 0 aliphatic carbocycles. The van der Waals surface area contributed by atoms with E-state index >= 15 is 0 Å². The molecule has 0 unspecified atom stereocenters. The molecule has 0 aliphatic rings. The summed E-state index contributed by atoms with van der Waals surface area (Å²) in [5.74, 6) is -0.777. The average molecular weight is 281 g/mol. The van der Waals surface area contributed by atoms with Crippen molar-refractivity contribution in [1.29, 1.82) is 0 Å². The van der Waals surface area contributed by atoms with Crippen LogP contribution in [0.3, 0.4) is 0 Å². The zero-order valence-electron chi connectivity index (χ0n) is 10.2. The van der Waals surface area contributed by atoms with Gasteiger partial charge in [-0.3, -0.25) is 10.1 Å². The Labute approximate surface area is 113 Å². The molecule has 0 fully saturated rings. The molecule has 0 saturated heterocycles. The van der Waals surface area contributed by atoms with Gasteiger partial charge < -0.3 is 5.32 Å². The first kappa shape index (κ1) is 13.6. The number of nitro benzene ring substituents is 1. The first-order valence-corrected chi connectivity index (χ1v) is 6.43. The van der Waals surface area contributed by atoms with Gasteiger partial charge in [-0.1, -0.05) is 12.1 Å². The molecule has 1 N–H and O–H groups in total. The fourth-order valence-electron chi connectivity index (χ4n) is 1.65. The van der Waals surface area contributed by atoms with Crippen LogP contribution in [0.25, 0.3) is 0 Å². The fourth-order valence-corrected chi connectivity index (χ4v) is 2.42.